The van der Waals surface area contributed by atoms with Crippen molar-refractivity contribution in [2.24, 2.45) is 0 Å². The lowest BCUT2D eigenvalue weighted by atomic mass is 10.2. The second-order valence-electron chi connectivity index (χ2n) is 6.41. The van der Waals surface area contributed by atoms with Crippen molar-refractivity contribution in [1.82, 2.24) is 10.1 Å². The van der Waals surface area contributed by atoms with E-state index in [0.717, 1.165) is 37.6 Å². The molecule has 0 bridgehead atoms. The number of hydrogen-bond donors (Lipinski definition) is 1. The Morgan fingerprint density at radius 2 is 2.04 bits per heavy atom. The Hall–Kier alpha value is -2.54. The molecule has 7 nitrogen and oxygen atoms in total. The predicted molar refractivity (Wildman–Crippen MR) is 101 cm³/mol. The summed E-state index contributed by atoms with van der Waals surface area (Å²) in [6, 6.07) is 9.59. The normalized spacial score (nSPS) is 16.3. The molecule has 3 rings (SSSR count). The number of hydrogen-bond acceptors (Lipinski definition) is 6. The molecule has 0 unspecified atom stereocenters. The summed E-state index contributed by atoms with van der Waals surface area (Å²) >= 11 is 0. The van der Waals surface area contributed by atoms with Gasteiger partial charge < -0.3 is 19.5 Å². The summed E-state index contributed by atoms with van der Waals surface area (Å²) in [6.07, 6.45) is 0. The highest BCUT2D eigenvalue weighted by atomic mass is 16.5. The van der Waals surface area contributed by atoms with E-state index in [4.69, 9.17) is 9.26 Å². The molecule has 1 fully saturated rings. The van der Waals surface area contributed by atoms with Gasteiger partial charge in [-0.15, -0.1) is 0 Å². The van der Waals surface area contributed by atoms with Gasteiger partial charge in [-0.2, -0.15) is 0 Å². The Kier molecular flexibility index (Phi) is 5.78. The van der Waals surface area contributed by atoms with E-state index in [1.807, 2.05) is 32.0 Å². The first-order valence-corrected chi connectivity index (χ1v) is 9.03. The zero-order chi connectivity index (χ0) is 18.5. The van der Waals surface area contributed by atoms with Gasteiger partial charge in [-0.3, -0.25) is 9.69 Å². The second-order valence-corrected chi connectivity index (χ2v) is 6.41. The van der Waals surface area contributed by atoms with Crippen LogP contribution in [0.2, 0.25) is 0 Å². The van der Waals surface area contributed by atoms with Crippen molar-refractivity contribution in [2.45, 2.75) is 26.8 Å². The minimum Gasteiger partial charge on any atom is -0.492 e. The van der Waals surface area contributed by atoms with Crippen molar-refractivity contribution >= 4 is 17.4 Å². The van der Waals surface area contributed by atoms with E-state index in [1.54, 1.807) is 13.0 Å². The van der Waals surface area contributed by atoms with Crippen LogP contribution in [0.1, 0.15) is 19.6 Å². The van der Waals surface area contributed by atoms with Crippen LogP contribution in [0.15, 0.2) is 34.9 Å². The van der Waals surface area contributed by atoms with Crippen LogP contribution in [-0.2, 0) is 4.79 Å². The maximum absolute atomic E-state index is 12.4. The van der Waals surface area contributed by atoms with E-state index in [-0.39, 0.29) is 11.9 Å². The third-order valence-corrected chi connectivity index (χ3v) is 4.63. The zero-order valence-electron chi connectivity index (χ0n) is 15.6. The minimum absolute atomic E-state index is 0.0681. The Morgan fingerprint density at radius 3 is 2.69 bits per heavy atom. The monoisotopic (exact) mass is 358 g/mol. The lowest BCUT2D eigenvalue weighted by molar-refractivity contribution is -0.120. The summed E-state index contributed by atoms with van der Waals surface area (Å²) in [5.74, 6) is 1.98. The molecule has 1 saturated heterocycles. The van der Waals surface area contributed by atoms with Gasteiger partial charge in [0.2, 0.25) is 5.91 Å². The van der Waals surface area contributed by atoms with E-state index in [0.29, 0.717) is 18.2 Å². The molecule has 0 radical (unpaired) electrons. The Balaban J connectivity index is 1.57. The van der Waals surface area contributed by atoms with Crippen molar-refractivity contribution < 1.29 is 14.1 Å². The van der Waals surface area contributed by atoms with Crippen molar-refractivity contribution in [3.05, 3.63) is 36.1 Å². The quantitative estimate of drug-likeness (QED) is 0.856. The Labute approximate surface area is 153 Å². The number of aryl methyl sites for hydroxylation is 1. The van der Waals surface area contributed by atoms with Crippen LogP contribution in [-0.4, -0.2) is 54.8 Å². The van der Waals surface area contributed by atoms with Gasteiger partial charge in [0, 0.05) is 32.2 Å². The van der Waals surface area contributed by atoms with Crippen LogP contribution in [0.5, 0.6) is 5.75 Å². The highest BCUT2D eigenvalue weighted by Crippen LogP contribution is 2.29. The van der Waals surface area contributed by atoms with Gasteiger partial charge in [0.05, 0.1) is 18.3 Å². The van der Waals surface area contributed by atoms with E-state index < -0.39 is 0 Å². The number of amides is 1. The van der Waals surface area contributed by atoms with Crippen LogP contribution in [0.4, 0.5) is 11.5 Å². The minimum atomic E-state index is -0.226. The first-order valence-electron chi connectivity index (χ1n) is 9.03. The van der Waals surface area contributed by atoms with Gasteiger partial charge in [-0.1, -0.05) is 17.3 Å². The van der Waals surface area contributed by atoms with Crippen molar-refractivity contribution in [3.63, 3.8) is 0 Å². The molecule has 1 aromatic carbocycles. The molecule has 0 spiro atoms. The van der Waals surface area contributed by atoms with E-state index in [1.165, 1.54) is 0 Å². The maximum atomic E-state index is 12.4. The van der Waals surface area contributed by atoms with Gasteiger partial charge in [0.1, 0.15) is 11.5 Å². The van der Waals surface area contributed by atoms with E-state index in [2.05, 4.69) is 26.3 Å². The molecule has 0 saturated carbocycles. The number of aromatic nitrogens is 1. The first-order chi connectivity index (χ1) is 12.6. The summed E-state index contributed by atoms with van der Waals surface area (Å²) in [5, 5.41) is 6.62. The highest BCUT2D eigenvalue weighted by Gasteiger charge is 2.27. The largest absolute Gasteiger partial charge is 0.492 e. The fourth-order valence-electron chi connectivity index (χ4n) is 3.17. The number of benzene rings is 1. The number of para-hydroxylation sites is 2. The summed E-state index contributed by atoms with van der Waals surface area (Å²) in [7, 11) is 0. The third-order valence-electron chi connectivity index (χ3n) is 4.63. The number of nitrogens with one attached hydrogen (secondary N) is 1. The summed E-state index contributed by atoms with van der Waals surface area (Å²) in [6.45, 7) is 9.69. The van der Waals surface area contributed by atoms with Gasteiger partial charge in [-0.25, -0.2) is 0 Å². The van der Waals surface area contributed by atoms with Crippen LogP contribution >= 0.6 is 0 Å². The summed E-state index contributed by atoms with van der Waals surface area (Å²) in [4.78, 5) is 16.9. The molecule has 26 heavy (non-hydrogen) atoms. The molecule has 2 heterocycles. The number of carbonyl (C=O) groups is 1. The third kappa shape index (κ3) is 4.16. The molecule has 140 valence electrons. The standard InChI is InChI=1S/C19H26N4O3/c1-4-25-17-8-6-5-7-16(17)23-11-9-22(10-12-23)15(3)19(24)20-18-13-14(2)26-21-18/h5-8,13,15H,4,9-12H2,1-3H3,(H,20,21,24)/t15-/m0/s1. The molecule has 1 aromatic heterocycles. The van der Waals surface area contributed by atoms with Crippen LogP contribution in [0.25, 0.3) is 0 Å². The predicted octanol–water partition coefficient (Wildman–Crippen LogP) is 2.53. The van der Waals surface area contributed by atoms with Crippen molar-refractivity contribution in [1.29, 1.82) is 0 Å². The highest BCUT2D eigenvalue weighted by molar-refractivity contribution is 5.93. The molecule has 1 aliphatic heterocycles. The lowest BCUT2D eigenvalue weighted by Crippen LogP contribution is -2.52. The molecule has 1 aliphatic rings. The SMILES string of the molecule is CCOc1ccccc1N1CCN([C@@H](C)C(=O)Nc2cc(C)on2)CC1. The molecular formula is C19H26N4O3. The summed E-state index contributed by atoms with van der Waals surface area (Å²) in [5.41, 5.74) is 1.11. The Morgan fingerprint density at radius 1 is 1.31 bits per heavy atom. The van der Waals surface area contributed by atoms with Crippen LogP contribution < -0.4 is 15.0 Å². The fourth-order valence-corrected chi connectivity index (χ4v) is 3.17. The molecule has 2 aromatic rings. The molecule has 0 aliphatic carbocycles. The summed E-state index contributed by atoms with van der Waals surface area (Å²) < 4.78 is 10.7. The van der Waals surface area contributed by atoms with Crippen LogP contribution in [0, 0.1) is 6.92 Å². The van der Waals surface area contributed by atoms with E-state index >= 15 is 0 Å². The lowest BCUT2D eigenvalue weighted by Gasteiger charge is -2.38. The number of anilines is 2. The number of piperazine rings is 1. The average Bonchev–Trinajstić information content (AvgIpc) is 3.07. The Bertz CT molecular complexity index is 738. The first kappa shape index (κ1) is 18.3. The van der Waals surface area contributed by atoms with Gasteiger partial charge in [0.15, 0.2) is 5.82 Å². The van der Waals surface area contributed by atoms with Crippen molar-refractivity contribution in [3.8, 4) is 5.75 Å². The molecular weight excluding hydrogens is 332 g/mol. The van der Waals surface area contributed by atoms with Gasteiger partial charge in [0.25, 0.3) is 0 Å². The number of rotatable bonds is 6. The van der Waals surface area contributed by atoms with Gasteiger partial charge >= 0.3 is 0 Å². The number of carbonyl (C=O) groups excluding carboxylic acids is 1. The molecule has 1 amide bonds. The van der Waals surface area contributed by atoms with E-state index in [9.17, 15) is 4.79 Å². The van der Waals surface area contributed by atoms with Crippen LogP contribution in [0.3, 0.4) is 0 Å². The zero-order valence-corrected chi connectivity index (χ0v) is 15.6. The molecule has 7 heteroatoms. The average molecular weight is 358 g/mol. The topological polar surface area (TPSA) is 70.8 Å². The van der Waals surface area contributed by atoms with Gasteiger partial charge in [-0.05, 0) is 32.9 Å². The smallest absolute Gasteiger partial charge is 0.242 e. The number of ether oxygens (including phenoxy) is 1. The number of nitrogens with zero attached hydrogens (tertiary/aromatic N) is 3. The molecule has 1 atom stereocenters. The second kappa shape index (κ2) is 8.23. The maximum Gasteiger partial charge on any atom is 0.242 e. The molecule has 1 N–H and O–H groups in total. The fraction of sp³-hybridized carbons (Fsp3) is 0.474. The van der Waals surface area contributed by atoms with Crippen molar-refractivity contribution in [2.75, 3.05) is 43.0 Å².